The van der Waals surface area contributed by atoms with Gasteiger partial charge in [0.1, 0.15) is 0 Å². The molecule has 4 heteroatoms. The topological polar surface area (TPSA) is 50.7 Å². The van der Waals surface area contributed by atoms with Crippen LogP contribution >= 0.6 is 0 Å². The van der Waals surface area contributed by atoms with E-state index in [0.717, 1.165) is 5.52 Å². The predicted octanol–water partition coefficient (Wildman–Crippen LogP) is 0.262. The number of nitrogens with one attached hydrogen (secondary N) is 1. The molecule has 0 spiro atoms. The minimum absolute atomic E-state index is 0.136. The van der Waals surface area contributed by atoms with Crippen molar-refractivity contribution in [3.8, 4) is 0 Å². The lowest BCUT2D eigenvalue weighted by Gasteiger charge is -1.90. The minimum atomic E-state index is -0.136. The second-order valence-corrected chi connectivity index (χ2v) is 2.37. The molecule has 0 bridgehead atoms. The molecule has 0 aromatic carbocycles. The molecule has 0 radical (unpaired) electrons. The molecule has 0 fully saturated rings. The van der Waals surface area contributed by atoms with Gasteiger partial charge in [0.05, 0.1) is 5.52 Å². The first-order valence-corrected chi connectivity index (χ1v) is 3.29. The van der Waals surface area contributed by atoms with Gasteiger partial charge in [-0.2, -0.15) is 0 Å². The Hall–Kier alpha value is -1.58. The van der Waals surface area contributed by atoms with Gasteiger partial charge in [0, 0.05) is 13.2 Å². The third-order valence-electron chi connectivity index (χ3n) is 1.63. The number of hydrogen-bond acceptors (Lipinski definition) is 2. The Kier molecular flexibility index (Phi) is 1.09. The van der Waals surface area contributed by atoms with E-state index in [4.69, 9.17) is 0 Å². The van der Waals surface area contributed by atoms with Crippen LogP contribution in [0.2, 0.25) is 0 Å². The lowest BCUT2D eigenvalue weighted by molar-refractivity contribution is 0.783. The van der Waals surface area contributed by atoms with Crippen molar-refractivity contribution in [2.75, 3.05) is 0 Å². The highest BCUT2D eigenvalue weighted by Gasteiger charge is 2.01. The van der Waals surface area contributed by atoms with E-state index >= 15 is 0 Å². The zero-order chi connectivity index (χ0) is 7.84. The van der Waals surface area contributed by atoms with Gasteiger partial charge in [-0.3, -0.25) is 14.6 Å². The normalized spacial score (nSPS) is 10.6. The highest BCUT2D eigenvalue weighted by Crippen LogP contribution is 2.02. The number of hydrogen-bond donors (Lipinski definition) is 1. The first-order valence-electron chi connectivity index (χ1n) is 3.29. The molecule has 2 heterocycles. The van der Waals surface area contributed by atoms with E-state index in [9.17, 15) is 4.79 Å². The molecule has 0 atom stereocenters. The molecular weight excluding hydrogens is 142 g/mol. The van der Waals surface area contributed by atoms with Crippen LogP contribution in [0, 0.1) is 0 Å². The quantitative estimate of drug-likeness (QED) is 0.584. The van der Waals surface area contributed by atoms with Crippen molar-refractivity contribution < 1.29 is 0 Å². The van der Waals surface area contributed by atoms with Gasteiger partial charge in [0.25, 0.3) is 5.56 Å². The number of H-pyrrole nitrogens is 1. The molecule has 0 unspecified atom stereocenters. The Morgan fingerprint density at radius 3 is 3.18 bits per heavy atom. The molecule has 0 saturated carbocycles. The van der Waals surface area contributed by atoms with Crippen molar-refractivity contribution in [1.29, 1.82) is 0 Å². The van der Waals surface area contributed by atoms with Crippen LogP contribution in [-0.2, 0) is 7.05 Å². The van der Waals surface area contributed by atoms with Crippen LogP contribution < -0.4 is 5.56 Å². The third-order valence-corrected chi connectivity index (χ3v) is 1.63. The van der Waals surface area contributed by atoms with Crippen LogP contribution in [0.1, 0.15) is 0 Å². The van der Waals surface area contributed by atoms with E-state index < -0.39 is 0 Å². The predicted molar refractivity (Wildman–Crippen MR) is 41.3 cm³/mol. The van der Waals surface area contributed by atoms with E-state index in [-0.39, 0.29) is 5.56 Å². The fraction of sp³-hybridized carbons (Fsp3) is 0.143. The molecule has 2 rings (SSSR count). The Morgan fingerprint density at radius 1 is 1.64 bits per heavy atom. The van der Waals surface area contributed by atoms with Gasteiger partial charge in [-0.1, -0.05) is 0 Å². The summed E-state index contributed by atoms with van der Waals surface area (Å²) < 4.78 is 1.66. The fourth-order valence-electron chi connectivity index (χ4n) is 1.11. The molecule has 0 amide bonds. The average molecular weight is 149 g/mol. The van der Waals surface area contributed by atoms with Crippen LogP contribution in [0.4, 0.5) is 0 Å². The van der Waals surface area contributed by atoms with E-state index in [1.807, 2.05) is 6.07 Å². The van der Waals surface area contributed by atoms with Gasteiger partial charge in [-0.25, -0.2) is 4.98 Å². The summed E-state index contributed by atoms with van der Waals surface area (Å²) in [5.74, 6) is 0. The van der Waals surface area contributed by atoms with Gasteiger partial charge in [-0.15, -0.1) is 0 Å². The average Bonchev–Trinajstić information content (AvgIpc) is 2.30. The number of fused-ring (bicyclic) bond motifs is 1. The van der Waals surface area contributed by atoms with Crippen LogP contribution in [0.5, 0.6) is 0 Å². The molecular formula is C7H7N3O. The molecule has 2 aromatic rings. The van der Waals surface area contributed by atoms with Crippen LogP contribution in [-0.4, -0.2) is 14.8 Å². The van der Waals surface area contributed by atoms with E-state index in [0.29, 0.717) is 5.52 Å². The van der Waals surface area contributed by atoms with Crippen molar-refractivity contribution >= 4 is 11.0 Å². The molecule has 2 aromatic heterocycles. The van der Waals surface area contributed by atoms with E-state index in [1.165, 1.54) is 0 Å². The summed E-state index contributed by atoms with van der Waals surface area (Å²) in [5, 5.41) is 2.61. The zero-order valence-electron chi connectivity index (χ0n) is 6.03. The van der Waals surface area contributed by atoms with Crippen molar-refractivity contribution in [1.82, 2.24) is 14.8 Å². The monoisotopic (exact) mass is 149 g/mol. The summed E-state index contributed by atoms with van der Waals surface area (Å²) in [6, 6.07) is 3.65. The number of rotatable bonds is 0. The molecule has 11 heavy (non-hydrogen) atoms. The third kappa shape index (κ3) is 0.756. The number of pyridine rings is 1. The molecule has 0 aliphatic heterocycles. The van der Waals surface area contributed by atoms with Gasteiger partial charge in [0.2, 0.25) is 0 Å². The number of aromatic amines is 1. The second kappa shape index (κ2) is 1.95. The minimum Gasteiger partial charge on any atom is -0.286 e. The van der Waals surface area contributed by atoms with Gasteiger partial charge >= 0.3 is 0 Å². The lowest BCUT2D eigenvalue weighted by Crippen LogP contribution is -2.01. The Bertz CT molecular complexity index is 440. The fourth-order valence-corrected chi connectivity index (χ4v) is 1.11. The first-order chi connectivity index (χ1) is 5.29. The molecule has 0 saturated heterocycles. The standard InChI is InChI=1S/C7H7N3O/c1-10-5-3-2-4-8-6(5)7(11)9-10/h2-4H,1H3,(H,9,11). The van der Waals surface area contributed by atoms with Crippen molar-refractivity contribution in [3.05, 3.63) is 28.7 Å². The maximum absolute atomic E-state index is 11.1. The van der Waals surface area contributed by atoms with Crippen LogP contribution in [0.15, 0.2) is 23.1 Å². The van der Waals surface area contributed by atoms with Gasteiger partial charge in [0.15, 0.2) is 5.52 Å². The molecule has 0 aliphatic carbocycles. The van der Waals surface area contributed by atoms with Crippen molar-refractivity contribution in [2.45, 2.75) is 0 Å². The van der Waals surface area contributed by atoms with Crippen LogP contribution in [0.3, 0.4) is 0 Å². The smallest absolute Gasteiger partial charge is 0.286 e. The number of aromatic nitrogens is 3. The van der Waals surface area contributed by atoms with Crippen molar-refractivity contribution in [2.24, 2.45) is 7.05 Å². The second-order valence-electron chi connectivity index (χ2n) is 2.37. The molecule has 56 valence electrons. The molecule has 4 nitrogen and oxygen atoms in total. The van der Waals surface area contributed by atoms with Crippen molar-refractivity contribution in [3.63, 3.8) is 0 Å². The lowest BCUT2D eigenvalue weighted by atomic mass is 10.4. The molecule has 0 aliphatic rings. The van der Waals surface area contributed by atoms with Gasteiger partial charge in [-0.05, 0) is 12.1 Å². The Morgan fingerprint density at radius 2 is 2.45 bits per heavy atom. The summed E-state index contributed by atoms with van der Waals surface area (Å²) >= 11 is 0. The summed E-state index contributed by atoms with van der Waals surface area (Å²) in [4.78, 5) is 15.0. The Labute approximate surface area is 62.5 Å². The van der Waals surface area contributed by atoms with Crippen LogP contribution in [0.25, 0.3) is 11.0 Å². The molecule has 1 N–H and O–H groups in total. The summed E-state index contributed by atoms with van der Waals surface area (Å²) in [6.07, 6.45) is 1.61. The first kappa shape index (κ1) is 6.15. The van der Waals surface area contributed by atoms with E-state index in [2.05, 4.69) is 10.1 Å². The summed E-state index contributed by atoms with van der Waals surface area (Å²) in [7, 11) is 1.78. The summed E-state index contributed by atoms with van der Waals surface area (Å²) in [5.41, 5.74) is 1.19. The highest BCUT2D eigenvalue weighted by molar-refractivity contribution is 5.73. The SMILES string of the molecule is Cn1[nH]c(=O)c2ncccc21. The maximum atomic E-state index is 11.1. The van der Waals surface area contributed by atoms with E-state index in [1.54, 1.807) is 24.0 Å². The zero-order valence-corrected chi connectivity index (χ0v) is 6.03. The summed E-state index contributed by atoms with van der Waals surface area (Å²) in [6.45, 7) is 0. The largest absolute Gasteiger partial charge is 0.290 e. The Balaban J connectivity index is 3.07. The number of nitrogens with zero attached hydrogens (tertiary/aromatic N) is 2. The maximum Gasteiger partial charge on any atom is 0.290 e. The number of aryl methyl sites for hydroxylation is 1. The van der Waals surface area contributed by atoms with Gasteiger partial charge < -0.3 is 0 Å². The highest BCUT2D eigenvalue weighted by atomic mass is 16.1.